The van der Waals surface area contributed by atoms with E-state index in [1.54, 1.807) is 11.3 Å². The molecule has 0 aromatic carbocycles. The van der Waals surface area contributed by atoms with Gasteiger partial charge in [0, 0.05) is 29.1 Å². The van der Waals surface area contributed by atoms with E-state index in [2.05, 4.69) is 81.1 Å². The lowest BCUT2D eigenvalue weighted by atomic mass is 9.67. The predicted octanol–water partition coefficient (Wildman–Crippen LogP) is 6.50. The van der Waals surface area contributed by atoms with E-state index in [1.807, 2.05) is 0 Å². The Balaban J connectivity index is 3.59. The topological polar surface area (TPSA) is 3.24 Å². The van der Waals surface area contributed by atoms with Crippen LogP contribution in [0.2, 0.25) is 0 Å². The van der Waals surface area contributed by atoms with E-state index >= 15 is 0 Å². The van der Waals surface area contributed by atoms with Gasteiger partial charge in [-0.2, -0.15) is 0 Å². The van der Waals surface area contributed by atoms with Gasteiger partial charge in [-0.3, -0.25) is 0 Å². The van der Waals surface area contributed by atoms with Crippen molar-refractivity contribution in [1.82, 2.24) is 4.90 Å². The zero-order valence-corrected chi connectivity index (χ0v) is 17.2. The summed E-state index contributed by atoms with van der Waals surface area (Å²) in [6.07, 6.45) is 2.46. The molecular formula is C21H41N. The third-order valence-electron chi connectivity index (χ3n) is 5.94. The third-order valence-corrected chi connectivity index (χ3v) is 5.94. The molecule has 0 N–H and O–H groups in total. The molecule has 0 bridgehead atoms. The van der Waals surface area contributed by atoms with Gasteiger partial charge in [-0.15, -0.1) is 0 Å². The Labute approximate surface area is 140 Å². The molecule has 1 aliphatic rings. The fourth-order valence-corrected chi connectivity index (χ4v) is 4.49. The molecule has 3 unspecified atom stereocenters. The van der Waals surface area contributed by atoms with Crippen molar-refractivity contribution in [3.63, 3.8) is 0 Å². The van der Waals surface area contributed by atoms with E-state index in [0.717, 1.165) is 0 Å². The monoisotopic (exact) mass is 307 g/mol. The first-order valence-corrected chi connectivity index (χ1v) is 9.42. The second-order valence-corrected chi connectivity index (χ2v) is 9.43. The van der Waals surface area contributed by atoms with Crippen molar-refractivity contribution >= 4 is 0 Å². The van der Waals surface area contributed by atoms with Gasteiger partial charge in [0.1, 0.15) is 0 Å². The Hall–Kier alpha value is -0.460. The van der Waals surface area contributed by atoms with Crippen molar-refractivity contribution in [3.8, 4) is 0 Å². The van der Waals surface area contributed by atoms with Crippen molar-refractivity contribution in [2.45, 2.75) is 101 Å². The molecule has 1 aliphatic heterocycles. The fraction of sp³-hybridized carbons (Fsp3) is 0.905. The lowest BCUT2D eigenvalue weighted by molar-refractivity contribution is 0.110. The maximum absolute atomic E-state index is 2.78. The minimum atomic E-state index is 0.218. The molecule has 0 spiro atoms. The highest BCUT2D eigenvalue weighted by Gasteiger charge is 2.48. The van der Waals surface area contributed by atoms with Crippen LogP contribution < -0.4 is 0 Å². The van der Waals surface area contributed by atoms with E-state index in [4.69, 9.17) is 0 Å². The molecular weight excluding hydrogens is 266 g/mol. The van der Waals surface area contributed by atoms with Gasteiger partial charge in [0.15, 0.2) is 0 Å². The summed E-state index contributed by atoms with van der Waals surface area (Å²) in [6, 6.07) is 1.23. The molecule has 1 heterocycles. The first kappa shape index (κ1) is 19.6. The zero-order valence-electron chi connectivity index (χ0n) is 17.2. The SMILES string of the molecule is CCC(C)N1C(C(C)(C)C)=C(C(C)C)C(C(C)(C)CC)C1C. The van der Waals surface area contributed by atoms with E-state index < -0.39 is 0 Å². The second-order valence-electron chi connectivity index (χ2n) is 9.43. The molecule has 0 aromatic heterocycles. The smallest absolute Gasteiger partial charge is 0.0333 e. The van der Waals surface area contributed by atoms with E-state index in [0.29, 0.717) is 29.3 Å². The number of rotatable bonds is 5. The zero-order chi connectivity index (χ0) is 17.5. The van der Waals surface area contributed by atoms with Gasteiger partial charge in [-0.25, -0.2) is 0 Å². The summed E-state index contributed by atoms with van der Waals surface area (Å²) in [6.45, 7) is 26.5. The number of hydrogen-bond donors (Lipinski definition) is 0. The van der Waals surface area contributed by atoms with Gasteiger partial charge in [-0.05, 0) is 37.2 Å². The highest BCUT2D eigenvalue weighted by atomic mass is 15.2. The van der Waals surface area contributed by atoms with Crippen LogP contribution in [0.5, 0.6) is 0 Å². The number of hydrogen-bond acceptors (Lipinski definition) is 1. The minimum Gasteiger partial charge on any atom is -0.368 e. The lowest BCUT2D eigenvalue weighted by Gasteiger charge is -2.42. The molecule has 0 saturated heterocycles. The predicted molar refractivity (Wildman–Crippen MR) is 99.9 cm³/mol. The molecule has 130 valence electrons. The van der Waals surface area contributed by atoms with Crippen LogP contribution in [0.1, 0.15) is 89.0 Å². The first-order valence-electron chi connectivity index (χ1n) is 9.42. The molecule has 0 fully saturated rings. The lowest BCUT2D eigenvalue weighted by Crippen LogP contribution is -2.43. The molecule has 0 aromatic rings. The van der Waals surface area contributed by atoms with Crippen LogP contribution in [0, 0.1) is 22.7 Å². The first-order chi connectivity index (χ1) is 9.90. The van der Waals surface area contributed by atoms with Gasteiger partial charge in [0.05, 0.1) is 0 Å². The number of allylic oxidation sites excluding steroid dienone is 1. The normalized spacial score (nSPS) is 25.4. The fourth-order valence-electron chi connectivity index (χ4n) is 4.49. The van der Waals surface area contributed by atoms with Crippen molar-refractivity contribution in [2.75, 3.05) is 0 Å². The Bertz CT molecular complexity index is 408. The highest BCUT2D eigenvalue weighted by molar-refractivity contribution is 5.33. The summed E-state index contributed by atoms with van der Waals surface area (Å²) < 4.78 is 0. The van der Waals surface area contributed by atoms with Crippen LogP contribution in [-0.4, -0.2) is 17.0 Å². The molecule has 0 aliphatic carbocycles. The van der Waals surface area contributed by atoms with Crippen molar-refractivity contribution in [2.24, 2.45) is 22.7 Å². The summed E-state index contributed by atoms with van der Waals surface area (Å²) >= 11 is 0. The molecule has 0 saturated carbocycles. The largest absolute Gasteiger partial charge is 0.368 e. The van der Waals surface area contributed by atoms with Crippen LogP contribution in [0.4, 0.5) is 0 Å². The summed E-state index contributed by atoms with van der Waals surface area (Å²) in [4.78, 5) is 2.78. The molecule has 22 heavy (non-hydrogen) atoms. The summed E-state index contributed by atoms with van der Waals surface area (Å²) in [5.41, 5.74) is 3.94. The Kier molecular flexibility index (Phi) is 5.85. The summed E-state index contributed by atoms with van der Waals surface area (Å²) in [7, 11) is 0. The Morgan fingerprint density at radius 2 is 1.50 bits per heavy atom. The van der Waals surface area contributed by atoms with Crippen LogP contribution in [0.3, 0.4) is 0 Å². The summed E-state index contributed by atoms with van der Waals surface area (Å²) in [5, 5.41) is 0. The van der Waals surface area contributed by atoms with Crippen molar-refractivity contribution in [3.05, 3.63) is 11.3 Å². The van der Waals surface area contributed by atoms with Crippen molar-refractivity contribution in [1.29, 1.82) is 0 Å². The van der Waals surface area contributed by atoms with Gasteiger partial charge in [0.25, 0.3) is 0 Å². The Morgan fingerprint density at radius 1 is 1.00 bits per heavy atom. The highest BCUT2D eigenvalue weighted by Crippen LogP contribution is 2.53. The number of nitrogens with zero attached hydrogens (tertiary/aromatic N) is 1. The van der Waals surface area contributed by atoms with Gasteiger partial charge in [-0.1, -0.05) is 68.7 Å². The molecule has 1 rings (SSSR count). The van der Waals surface area contributed by atoms with Crippen LogP contribution in [-0.2, 0) is 0 Å². The van der Waals surface area contributed by atoms with E-state index in [-0.39, 0.29) is 5.41 Å². The Morgan fingerprint density at radius 3 is 1.82 bits per heavy atom. The third kappa shape index (κ3) is 3.39. The molecule has 0 radical (unpaired) electrons. The average molecular weight is 308 g/mol. The van der Waals surface area contributed by atoms with Gasteiger partial charge in [0.2, 0.25) is 0 Å². The van der Waals surface area contributed by atoms with Crippen molar-refractivity contribution < 1.29 is 0 Å². The quantitative estimate of drug-likeness (QED) is 0.560. The molecule has 1 heteroatoms. The standard InChI is InChI=1S/C21H41N/c1-12-15(5)22-16(6)18(21(10,11)13-2)17(14(3)4)19(22)20(7,8)9/h14-16,18H,12-13H2,1-11H3. The van der Waals surface area contributed by atoms with E-state index in [1.165, 1.54) is 12.8 Å². The second kappa shape index (κ2) is 6.57. The minimum absolute atomic E-state index is 0.218. The van der Waals surface area contributed by atoms with Crippen LogP contribution >= 0.6 is 0 Å². The van der Waals surface area contributed by atoms with Crippen LogP contribution in [0.25, 0.3) is 0 Å². The maximum atomic E-state index is 2.78. The molecule has 1 nitrogen and oxygen atoms in total. The maximum Gasteiger partial charge on any atom is 0.0333 e. The molecule has 3 atom stereocenters. The average Bonchev–Trinajstić information content (AvgIpc) is 2.72. The van der Waals surface area contributed by atoms with E-state index in [9.17, 15) is 0 Å². The summed E-state index contributed by atoms with van der Waals surface area (Å²) in [5.74, 6) is 1.29. The van der Waals surface area contributed by atoms with Gasteiger partial charge < -0.3 is 4.90 Å². The van der Waals surface area contributed by atoms with Gasteiger partial charge >= 0.3 is 0 Å². The van der Waals surface area contributed by atoms with Crippen LogP contribution in [0.15, 0.2) is 11.3 Å². The molecule has 0 amide bonds.